The SMILES string of the molecule is O=C(CN1C(=O)S/C(=C/c2ccccc2)C1=O)Nc1ncn[nH]1. The Kier molecular flexibility index (Phi) is 4.20. The van der Waals surface area contributed by atoms with Gasteiger partial charge in [-0.25, -0.2) is 5.10 Å². The van der Waals surface area contributed by atoms with Crippen molar-refractivity contribution in [3.05, 3.63) is 47.1 Å². The first kappa shape index (κ1) is 15.0. The van der Waals surface area contributed by atoms with E-state index in [0.717, 1.165) is 22.2 Å². The molecule has 116 valence electrons. The van der Waals surface area contributed by atoms with E-state index in [1.165, 1.54) is 6.33 Å². The number of imide groups is 1. The van der Waals surface area contributed by atoms with E-state index in [-0.39, 0.29) is 17.4 Å². The predicted molar refractivity (Wildman–Crippen MR) is 84.1 cm³/mol. The van der Waals surface area contributed by atoms with Crippen molar-refractivity contribution in [3.8, 4) is 0 Å². The quantitative estimate of drug-likeness (QED) is 0.823. The number of aromatic amines is 1. The van der Waals surface area contributed by atoms with Gasteiger partial charge in [-0.2, -0.15) is 10.1 Å². The first-order chi connectivity index (χ1) is 11.1. The Morgan fingerprint density at radius 3 is 2.78 bits per heavy atom. The minimum absolute atomic E-state index is 0.154. The van der Waals surface area contributed by atoms with Gasteiger partial charge in [0.05, 0.1) is 4.91 Å². The van der Waals surface area contributed by atoms with Gasteiger partial charge < -0.3 is 0 Å². The maximum absolute atomic E-state index is 12.3. The maximum atomic E-state index is 12.3. The van der Waals surface area contributed by atoms with Crippen LogP contribution in [0.2, 0.25) is 0 Å². The van der Waals surface area contributed by atoms with Crippen LogP contribution in [0.3, 0.4) is 0 Å². The van der Waals surface area contributed by atoms with Gasteiger partial charge in [-0.15, -0.1) is 0 Å². The Labute approximate surface area is 135 Å². The monoisotopic (exact) mass is 329 g/mol. The molecule has 1 aliphatic heterocycles. The molecule has 2 N–H and O–H groups in total. The topological polar surface area (TPSA) is 108 Å². The molecule has 8 nitrogen and oxygen atoms in total. The van der Waals surface area contributed by atoms with Crippen LogP contribution in [0.15, 0.2) is 41.6 Å². The van der Waals surface area contributed by atoms with Gasteiger partial charge >= 0.3 is 0 Å². The average molecular weight is 329 g/mol. The number of thioether (sulfide) groups is 1. The van der Waals surface area contributed by atoms with Gasteiger partial charge in [-0.3, -0.25) is 24.6 Å². The lowest BCUT2D eigenvalue weighted by molar-refractivity contribution is -0.127. The molecule has 0 atom stereocenters. The van der Waals surface area contributed by atoms with Crippen LogP contribution in [0.25, 0.3) is 6.08 Å². The number of carbonyl (C=O) groups excluding carboxylic acids is 3. The number of anilines is 1. The fourth-order valence-electron chi connectivity index (χ4n) is 1.92. The molecule has 23 heavy (non-hydrogen) atoms. The molecule has 2 heterocycles. The Morgan fingerprint density at radius 1 is 1.30 bits per heavy atom. The summed E-state index contributed by atoms with van der Waals surface area (Å²) in [5.41, 5.74) is 0.809. The van der Waals surface area contributed by atoms with Crippen molar-refractivity contribution < 1.29 is 14.4 Å². The summed E-state index contributed by atoms with van der Waals surface area (Å²) in [6.45, 7) is -0.377. The third-order valence-corrected chi connectivity index (χ3v) is 3.85. The fourth-order valence-corrected chi connectivity index (χ4v) is 2.76. The molecule has 1 aliphatic rings. The number of amides is 3. The lowest BCUT2D eigenvalue weighted by atomic mass is 10.2. The normalized spacial score (nSPS) is 16.2. The van der Waals surface area contributed by atoms with Crippen LogP contribution >= 0.6 is 11.8 Å². The minimum Gasteiger partial charge on any atom is -0.293 e. The molecule has 0 spiro atoms. The predicted octanol–water partition coefficient (Wildman–Crippen LogP) is 1.48. The van der Waals surface area contributed by atoms with Crippen LogP contribution in [-0.4, -0.2) is 43.7 Å². The van der Waals surface area contributed by atoms with E-state index >= 15 is 0 Å². The second kappa shape index (κ2) is 6.44. The molecule has 0 bridgehead atoms. The Balaban J connectivity index is 1.69. The molecule has 0 saturated carbocycles. The largest absolute Gasteiger partial charge is 0.294 e. The van der Waals surface area contributed by atoms with Crippen molar-refractivity contribution in [3.63, 3.8) is 0 Å². The van der Waals surface area contributed by atoms with Gasteiger partial charge in [-0.1, -0.05) is 30.3 Å². The van der Waals surface area contributed by atoms with Gasteiger partial charge in [0, 0.05) is 0 Å². The summed E-state index contributed by atoms with van der Waals surface area (Å²) < 4.78 is 0. The molecule has 0 aliphatic carbocycles. The second-order valence-electron chi connectivity index (χ2n) is 4.56. The molecule has 1 saturated heterocycles. The summed E-state index contributed by atoms with van der Waals surface area (Å²) in [5.74, 6) is -0.872. The third kappa shape index (κ3) is 3.46. The van der Waals surface area contributed by atoms with Crippen molar-refractivity contribution in [1.82, 2.24) is 20.1 Å². The number of benzene rings is 1. The number of nitrogens with one attached hydrogen (secondary N) is 2. The van der Waals surface area contributed by atoms with Crippen LogP contribution in [0.5, 0.6) is 0 Å². The van der Waals surface area contributed by atoms with Crippen LogP contribution < -0.4 is 5.32 Å². The Bertz CT molecular complexity index is 773. The van der Waals surface area contributed by atoms with E-state index in [1.54, 1.807) is 6.08 Å². The van der Waals surface area contributed by atoms with E-state index in [0.29, 0.717) is 0 Å². The number of carbonyl (C=O) groups is 3. The minimum atomic E-state index is -0.537. The Morgan fingerprint density at radius 2 is 2.09 bits per heavy atom. The molecule has 1 aromatic heterocycles. The summed E-state index contributed by atoms with van der Waals surface area (Å²) in [6, 6.07) is 9.17. The zero-order chi connectivity index (χ0) is 16.2. The molecule has 1 aromatic carbocycles. The lowest BCUT2D eigenvalue weighted by Gasteiger charge is -2.11. The number of aromatic nitrogens is 3. The number of rotatable bonds is 4. The van der Waals surface area contributed by atoms with Crippen LogP contribution in [-0.2, 0) is 9.59 Å². The van der Waals surface area contributed by atoms with Crippen molar-refractivity contribution in [2.75, 3.05) is 11.9 Å². The molecular formula is C14H11N5O3S. The molecule has 0 unspecified atom stereocenters. The molecule has 3 rings (SSSR count). The van der Waals surface area contributed by atoms with E-state index < -0.39 is 17.1 Å². The standard InChI is InChI=1S/C14H11N5O3S/c20-11(17-13-15-8-16-18-13)7-19-12(21)10(23-14(19)22)6-9-4-2-1-3-5-9/h1-6,8H,7H2,(H2,15,16,17,18,20)/b10-6+. The van der Waals surface area contributed by atoms with Crippen molar-refractivity contribution in [2.24, 2.45) is 0 Å². The van der Waals surface area contributed by atoms with Crippen LogP contribution in [0.1, 0.15) is 5.56 Å². The summed E-state index contributed by atoms with van der Waals surface area (Å²) >= 11 is 0.809. The summed E-state index contributed by atoms with van der Waals surface area (Å²) in [6.07, 6.45) is 2.86. The molecule has 1 fully saturated rings. The number of nitrogens with zero attached hydrogens (tertiary/aromatic N) is 3. The molecule has 2 aromatic rings. The highest BCUT2D eigenvalue weighted by atomic mass is 32.2. The van der Waals surface area contributed by atoms with Gasteiger partial charge in [0.2, 0.25) is 11.9 Å². The molecule has 9 heteroatoms. The number of hydrogen-bond acceptors (Lipinski definition) is 6. The summed E-state index contributed by atoms with van der Waals surface area (Å²) in [4.78, 5) is 41.0. The molecule has 0 radical (unpaired) electrons. The maximum Gasteiger partial charge on any atom is 0.294 e. The highest BCUT2D eigenvalue weighted by Gasteiger charge is 2.36. The Hall–Kier alpha value is -2.94. The zero-order valence-electron chi connectivity index (χ0n) is 11.7. The summed E-state index contributed by atoms with van der Waals surface area (Å²) in [7, 11) is 0. The van der Waals surface area contributed by atoms with Crippen molar-refractivity contribution >= 4 is 40.8 Å². The van der Waals surface area contributed by atoms with E-state index in [1.807, 2.05) is 30.3 Å². The average Bonchev–Trinajstić information content (AvgIpc) is 3.13. The molecular weight excluding hydrogens is 318 g/mol. The van der Waals surface area contributed by atoms with E-state index in [4.69, 9.17) is 0 Å². The highest BCUT2D eigenvalue weighted by molar-refractivity contribution is 8.18. The van der Waals surface area contributed by atoms with E-state index in [2.05, 4.69) is 20.5 Å². The van der Waals surface area contributed by atoms with Crippen molar-refractivity contribution in [1.29, 1.82) is 0 Å². The van der Waals surface area contributed by atoms with Gasteiger partial charge in [0.25, 0.3) is 11.1 Å². The smallest absolute Gasteiger partial charge is 0.293 e. The summed E-state index contributed by atoms with van der Waals surface area (Å²) in [5, 5.41) is 7.97. The van der Waals surface area contributed by atoms with E-state index in [9.17, 15) is 14.4 Å². The van der Waals surface area contributed by atoms with Crippen molar-refractivity contribution in [2.45, 2.75) is 0 Å². The highest BCUT2D eigenvalue weighted by Crippen LogP contribution is 2.31. The van der Waals surface area contributed by atoms with Crippen LogP contribution in [0.4, 0.5) is 10.7 Å². The molecule has 3 amide bonds. The first-order valence-corrected chi connectivity index (χ1v) is 7.41. The van der Waals surface area contributed by atoms with Gasteiger partial charge in [-0.05, 0) is 23.4 Å². The first-order valence-electron chi connectivity index (χ1n) is 6.59. The second-order valence-corrected chi connectivity index (χ2v) is 5.55. The fraction of sp³-hybridized carbons (Fsp3) is 0.0714. The third-order valence-electron chi connectivity index (χ3n) is 2.95. The number of H-pyrrole nitrogens is 1. The van der Waals surface area contributed by atoms with Gasteiger partial charge in [0.1, 0.15) is 12.9 Å². The lowest BCUT2D eigenvalue weighted by Crippen LogP contribution is -2.36. The van der Waals surface area contributed by atoms with Gasteiger partial charge in [0.15, 0.2) is 0 Å². The zero-order valence-corrected chi connectivity index (χ0v) is 12.5. The van der Waals surface area contributed by atoms with Crippen LogP contribution in [0, 0.1) is 0 Å². The number of hydrogen-bond donors (Lipinski definition) is 2.